The van der Waals surface area contributed by atoms with Crippen LogP contribution in [0.2, 0.25) is 0 Å². The van der Waals surface area contributed by atoms with E-state index in [-0.39, 0.29) is 0 Å². The van der Waals surface area contributed by atoms with Gasteiger partial charge in [0.2, 0.25) is 0 Å². The lowest BCUT2D eigenvalue weighted by atomic mass is 10.0. The van der Waals surface area contributed by atoms with Crippen molar-refractivity contribution >= 4 is 0 Å². The van der Waals surface area contributed by atoms with Gasteiger partial charge in [0.25, 0.3) is 0 Å². The fourth-order valence-electron chi connectivity index (χ4n) is 2.45. The summed E-state index contributed by atoms with van der Waals surface area (Å²) in [5.41, 5.74) is 1.48. The number of nitrogens with one attached hydrogen (secondary N) is 1. The van der Waals surface area contributed by atoms with E-state index in [2.05, 4.69) is 42.7 Å². The highest BCUT2D eigenvalue weighted by atomic mass is 14.9. The van der Waals surface area contributed by atoms with E-state index in [1.165, 1.54) is 44.1 Å². The highest BCUT2D eigenvalue weighted by molar-refractivity contribution is 5.14. The molecule has 2 rings (SSSR count). The second kappa shape index (κ2) is 6.05. The van der Waals surface area contributed by atoms with Gasteiger partial charge in [-0.3, -0.25) is 0 Å². The summed E-state index contributed by atoms with van der Waals surface area (Å²) in [5.74, 6) is 0.988. The molecule has 0 aliphatic heterocycles. The minimum Gasteiger partial charge on any atom is -0.317 e. The van der Waals surface area contributed by atoms with Crippen LogP contribution in [0.1, 0.15) is 37.7 Å². The van der Waals surface area contributed by atoms with Gasteiger partial charge < -0.3 is 5.32 Å². The summed E-state index contributed by atoms with van der Waals surface area (Å²) >= 11 is 0. The number of hydrogen-bond donors (Lipinski definition) is 1. The van der Waals surface area contributed by atoms with Crippen molar-refractivity contribution in [2.45, 2.75) is 44.6 Å². The van der Waals surface area contributed by atoms with E-state index >= 15 is 0 Å². The highest BCUT2D eigenvalue weighted by Crippen LogP contribution is 2.34. The monoisotopic (exact) mass is 217 g/mol. The first-order valence-electron chi connectivity index (χ1n) is 6.61. The Balaban J connectivity index is 1.61. The predicted octanol–water partition coefficient (Wildman–Crippen LogP) is 3.40. The molecule has 0 radical (unpaired) electrons. The van der Waals surface area contributed by atoms with Gasteiger partial charge in [-0.2, -0.15) is 0 Å². The Labute approximate surface area is 99.3 Å². The van der Waals surface area contributed by atoms with Gasteiger partial charge >= 0.3 is 0 Å². The third kappa shape index (κ3) is 3.64. The van der Waals surface area contributed by atoms with E-state index in [4.69, 9.17) is 0 Å². The van der Waals surface area contributed by atoms with Crippen LogP contribution in [0.3, 0.4) is 0 Å². The molecular formula is C15H23N. The Morgan fingerprint density at radius 1 is 1.19 bits per heavy atom. The highest BCUT2D eigenvalue weighted by Gasteiger charge is 2.29. The molecule has 1 aliphatic carbocycles. The number of hydrogen-bond acceptors (Lipinski definition) is 1. The van der Waals surface area contributed by atoms with Crippen LogP contribution < -0.4 is 5.32 Å². The maximum atomic E-state index is 3.46. The van der Waals surface area contributed by atoms with Crippen LogP contribution in [0.15, 0.2) is 30.3 Å². The molecule has 1 atom stereocenters. The first-order valence-corrected chi connectivity index (χ1v) is 6.61. The molecule has 0 spiro atoms. The molecule has 1 aromatic carbocycles. The van der Waals surface area contributed by atoms with Gasteiger partial charge in [0.05, 0.1) is 0 Å². The molecule has 1 saturated carbocycles. The van der Waals surface area contributed by atoms with Crippen molar-refractivity contribution in [3.8, 4) is 0 Å². The summed E-state index contributed by atoms with van der Waals surface area (Å²) in [5, 5.41) is 3.46. The van der Waals surface area contributed by atoms with Crippen LogP contribution in [0.5, 0.6) is 0 Å². The minimum absolute atomic E-state index is 0.788. The molecule has 1 nitrogen and oxygen atoms in total. The SMILES string of the molecule is CNC(CCCCc1ccccc1)C1CC1. The van der Waals surface area contributed by atoms with Crippen LogP contribution in [0.25, 0.3) is 0 Å². The van der Waals surface area contributed by atoms with Gasteiger partial charge in [-0.05, 0) is 50.6 Å². The molecule has 0 bridgehead atoms. The molecule has 0 heterocycles. The first kappa shape index (κ1) is 11.7. The van der Waals surface area contributed by atoms with Crippen LogP contribution in [-0.4, -0.2) is 13.1 Å². The van der Waals surface area contributed by atoms with Crippen LogP contribution in [0, 0.1) is 5.92 Å². The lowest BCUT2D eigenvalue weighted by Gasteiger charge is -2.14. The number of benzene rings is 1. The Bertz CT molecular complexity index is 290. The van der Waals surface area contributed by atoms with Crippen molar-refractivity contribution < 1.29 is 0 Å². The second-order valence-electron chi connectivity index (χ2n) is 4.96. The van der Waals surface area contributed by atoms with Gasteiger partial charge in [0, 0.05) is 6.04 Å². The molecule has 88 valence electrons. The van der Waals surface area contributed by atoms with Crippen molar-refractivity contribution in [3.05, 3.63) is 35.9 Å². The molecule has 1 fully saturated rings. The second-order valence-corrected chi connectivity index (χ2v) is 4.96. The third-order valence-corrected chi connectivity index (χ3v) is 3.64. The molecule has 16 heavy (non-hydrogen) atoms. The van der Waals surface area contributed by atoms with Crippen molar-refractivity contribution in [1.82, 2.24) is 5.32 Å². The summed E-state index contributed by atoms with van der Waals surface area (Å²) < 4.78 is 0. The van der Waals surface area contributed by atoms with Gasteiger partial charge in [0.1, 0.15) is 0 Å². The largest absolute Gasteiger partial charge is 0.317 e. The molecular weight excluding hydrogens is 194 g/mol. The summed E-state index contributed by atoms with van der Waals surface area (Å²) in [6.45, 7) is 0. The standard InChI is InChI=1S/C15H23N/c1-16-15(14-11-12-14)10-6-5-9-13-7-3-2-4-8-13/h2-4,7-8,14-16H,5-6,9-12H2,1H3. The predicted molar refractivity (Wildman–Crippen MR) is 69.6 cm³/mol. The van der Waals surface area contributed by atoms with E-state index in [0.717, 1.165) is 12.0 Å². The van der Waals surface area contributed by atoms with E-state index in [9.17, 15) is 0 Å². The summed E-state index contributed by atoms with van der Waals surface area (Å²) in [7, 11) is 2.11. The van der Waals surface area contributed by atoms with Crippen molar-refractivity contribution in [3.63, 3.8) is 0 Å². The zero-order chi connectivity index (χ0) is 11.2. The zero-order valence-corrected chi connectivity index (χ0v) is 10.3. The Hall–Kier alpha value is -0.820. The summed E-state index contributed by atoms with van der Waals surface area (Å²) in [6, 6.07) is 11.6. The van der Waals surface area contributed by atoms with Crippen LogP contribution >= 0.6 is 0 Å². The number of rotatable bonds is 7. The first-order chi connectivity index (χ1) is 7.90. The molecule has 0 amide bonds. The van der Waals surface area contributed by atoms with E-state index in [1.807, 2.05) is 0 Å². The molecule has 1 N–H and O–H groups in total. The average Bonchev–Trinajstić information content (AvgIpc) is 3.15. The minimum atomic E-state index is 0.788. The van der Waals surface area contributed by atoms with Gasteiger partial charge in [0.15, 0.2) is 0 Å². The maximum absolute atomic E-state index is 3.46. The van der Waals surface area contributed by atoms with E-state index < -0.39 is 0 Å². The van der Waals surface area contributed by atoms with Crippen molar-refractivity contribution in [2.24, 2.45) is 5.92 Å². The molecule has 0 aromatic heterocycles. The van der Waals surface area contributed by atoms with E-state index in [1.54, 1.807) is 0 Å². The zero-order valence-electron chi connectivity index (χ0n) is 10.3. The fraction of sp³-hybridized carbons (Fsp3) is 0.600. The van der Waals surface area contributed by atoms with Gasteiger partial charge in [-0.25, -0.2) is 0 Å². The number of aryl methyl sites for hydroxylation is 1. The maximum Gasteiger partial charge on any atom is 0.00923 e. The molecule has 0 saturated heterocycles. The molecule has 1 aromatic rings. The fourth-order valence-corrected chi connectivity index (χ4v) is 2.45. The lowest BCUT2D eigenvalue weighted by Crippen LogP contribution is -2.27. The quantitative estimate of drug-likeness (QED) is 0.690. The summed E-state index contributed by atoms with van der Waals surface area (Å²) in [6.07, 6.45) is 8.18. The lowest BCUT2D eigenvalue weighted by molar-refractivity contribution is 0.449. The molecule has 1 heteroatoms. The van der Waals surface area contributed by atoms with Crippen molar-refractivity contribution in [1.29, 1.82) is 0 Å². The molecule has 1 unspecified atom stereocenters. The Morgan fingerprint density at radius 2 is 1.94 bits per heavy atom. The van der Waals surface area contributed by atoms with E-state index in [0.29, 0.717) is 0 Å². The smallest absolute Gasteiger partial charge is 0.00923 e. The molecule has 1 aliphatic rings. The van der Waals surface area contributed by atoms with Crippen LogP contribution in [-0.2, 0) is 6.42 Å². The summed E-state index contributed by atoms with van der Waals surface area (Å²) in [4.78, 5) is 0. The number of unbranched alkanes of at least 4 members (excludes halogenated alkanes) is 1. The van der Waals surface area contributed by atoms with Crippen molar-refractivity contribution in [2.75, 3.05) is 7.05 Å². The third-order valence-electron chi connectivity index (χ3n) is 3.64. The van der Waals surface area contributed by atoms with Gasteiger partial charge in [-0.15, -0.1) is 0 Å². The van der Waals surface area contributed by atoms with Crippen LogP contribution in [0.4, 0.5) is 0 Å². The normalized spacial score (nSPS) is 17.3. The Morgan fingerprint density at radius 3 is 2.56 bits per heavy atom. The van der Waals surface area contributed by atoms with Gasteiger partial charge in [-0.1, -0.05) is 36.8 Å². The average molecular weight is 217 g/mol. The topological polar surface area (TPSA) is 12.0 Å². The Kier molecular flexibility index (Phi) is 4.41.